The van der Waals surface area contributed by atoms with E-state index in [2.05, 4.69) is 10.6 Å². The minimum Gasteiger partial charge on any atom is -0.326 e. The molecule has 1 aliphatic heterocycles. The van der Waals surface area contributed by atoms with Crippen molar-refractivity contribution in [3.63, 3.8) is 0 Å². The fourth-order valence-corrected chi connectivity index (χ4v) is 1.60. The van der Waals surface area contributed by atoms with E-state index in [4.69, 9.17) is 0 Å². The molecule has 1 aromatic carbocycles. The fraction of sp³-hybridized carbons (Fsp3) is 0.417. The number of benzene rings is 1. The summed E-state index contributed by atoms with van der Waals surface area (Å²) >= 11 is 0. The monoisotopic (exact) mass is 204 g/mol. The van der Waals surface area contributed by atoms with Crippen LogP contribution in [0.15, 0.2) is 24.3 Å². The number of nitrogens with one attached hydrogen (secondary N) is 2. The van der Waals surface area contributed by atoms with Gasteiger partial charge in [0.15, 0.2) is 0 Å². The quantitative estimate of drug-likeness (QED) is 0.784. The maximum atomic E-state index is 11.6. The summed E-state index contributed by atoms with van der Waals surface area (Å²) in [7, 11) is 0. The minimum absolute atomic E-state index is 0.116. The van der Waals surface area contributed by atoms with Crippen LogP contribution in [0.3, 0.4) is 0 Å². The lowest BCUT2D eigenvalue weighted by atomic mass is 9.99. The lowest BCUT2D eigenvalue weighted by molar-refractivity contribution is -0.117. The average molecular weight is 204 g/mol. The van der Waals surface area contributed by atoms with Crippen LogP contribution in [0.2, 0.25) is 0 Å². The van der Waals surface area contributed by atoms with Crippen LogP contribution in [0, 0.1) is 12.8 Å². The predicted octanol–water partition coefficient (Wildman–Crippen LogP) is 1.54. The molecule has 0 aliphatic carbocycles. The summed E-state index contributed by atoms with van der Waals surface area (Å²) in [6, 6.07) is 7.87. The SMILES string of the molecule is Cc1ccc(NC(=O)CC2CNC2)cc1. The van der Waals surface area contributed by atoms with Crippen LogP contribution in [0.5, 0.6) is 0 Å². The van der Waals surface area contributed by atoms with Crippen molar-refractivity contribution in [2.45, 2.75) is 13.3 Å². The van der Waals surface area contributed by atoms with E-state index < -0.39 is 0 Å². The molecule has 0 atom stereocenters. The zero-order valence-corrected chi connectivity index (χ0v) is 8.92. The van der Waals surface area contributed by atoms with Gasteiger partial charge >= 0.3 is 0 Å². The van der Waals surface area contributed by atoms with Gasteiger partial charge in [-0.25, -0.2) is 0 Å². The van der Waals surface area contributed by atoms with Crippen molar-refractivity contribution in [1.29, 1.82) is 0 Å². The van der Waals surface area contributed by atoms with Gasteiger partial charge < -0.3 is 10.6 Å². The molecule has 0 saturated carbocycles. The molecule has 0 bridgehead atoms. The molecule has 2 N–H and O–H groups in total. The zero-order chi connectivity index (χ0) is 10.7. The van der Waals surface area contributed by atoms with Crippen LogP contribution in [0.1, 0.15) is 12.0 Å². The Hall–Kier alpha value is -1.35. The Morgan fingerprint density at radius 2 is 2.07 bits per heavy atom. The largest absolute Gasteiger partial charge is 0.326 e. The highest BCUT2D eigenvalue weighted by Gasteiger charge is 2.19. The first kappa shape index (κ1) is 10.2. The molecular weight excluding hydrogens is 188 g/mol. The third-order valence-corrected chi connectivity index (χ3v) is 2.68. The first-order chi connectivity index (χ1) is 7.24. The molecule has 3 heteroatoms. The number of rotatable bonds is 3. The number of hydrogen-bond acceptors (Lipinski definition) is 2. The van der Waals surface area contributed by atoms with Crippen molar-refractivity contribution < 1.29 is 4.79 Å². The van der Waals surface area contributed by atoms with Gasteiger partial charge in [-0.15, -0.1) is 0 Å². The Bertz CT molecular complexity index is 341. The highest BCUT2D eigenvalue weighted by molar-refractivity contribution is 5.90. The van der Waals surface area contributed by atoms with Gasteiger partial charge in [0.1, 0.15) is 0 Å². The van der Waals surface area contributed by atoms with Crippen molar-refractivity contribution in [2.75, 3.05) is 18.4 Å². The third-order valence-electron chi connectivity index (χ3n) is 2.68. The van der Waals surface area contributed by atoms with Gasteiger partial charge in [0, 0.05) is 12.1 Å². The Morgan fingerprint density at radius 1 is 1.40 bits per heavy atom. The topological polar surface area (TPSA) is 41.1 Å². The lowest BCUT2D eigenvalue weighted by Gasteiger charge is -2.26. The third kappa shape index (κ3) is 2.80. The summed E-state index contributed by atoms with van der Waals surface area (Å²) < 4.78 is 0. The molecule has 0 unspecified atom stereocenters. The summed E-state index contributed by atoms with van der Waals surface area (Å²) in [4.78, 5) is 11.6. The number of carbonyl (C=O) groups excluding carboxylic acids is 1. The van der Waals surface area contributed by atoms with Gasteiger partial charge in [-0.2, -0.15) is 0 Å². The molecule has 1 saturated heterocycles. The van der Waals surface area contributed by atoms with Crippen LogP contribution in [-0.4, -0.2) is 19.0 Å². The molecule has 3 nitrogen and oxygen atoms in total. The van der Waals surface area contributed by atoms with Crippen LogP contribution in [0.4, 0.5) is 5.69 Å². The minimum atomic E-state index is 0.116. The summed E-state index contributed by atoms with van der Waals surface area (Å²) in [5.74, 6) is 0.640. The number of amides is 1. The first-order valence-corrected chi connectivity index (χ1v) is 5.31. The van der Waals surface area contributed by atoms with Gasteiger partial charge in [-0.05, 0) is 38.1 Å². The average Bonchev–Trinajstić information content (AvgIpc) is 2.16. The van der Waals surface area contributed by atoms with Crippen molar-refractivity contribution in [2.24, 2.45) is 5.92 Å². The van der Waals surface area contributed by atoms with Crippen molar-refractivity contribution in [3.8, 4) is 0 Å². The van der Waals surface area contributed by atoms with E-state index in [0.29, 0.717) is 12.3 Å². The van der Waals surface area contributed by atoms with Gasteiger partial charge in [-0.3, -0.25) is 4.79 Å². The van der Waals surface area contributed by atoms with E-state index in [0.717, 1.165) is 18.8 Å². The number of anilines is 1. The summed E-state index contributed by atoms with van der Waals surface area (Å²) in [5, 5.41) is 6.06. The second kappa shape index (κ2) is 4.45. The van der Waals surface area contributed by atoms with Crippen molar-refractivity contribution in [1.82, 2.24) is 5.32 Å². The van der Waals surface area contributed by atoms with Gasteiger partial charge in [0.25, 0.3) is 0 Å². The maximum Gasteiger partial charge on any atom is 0.224 e. The number of aryl methyl sites for hydroxylation is 1. The molecule has 1 amide bonds. The van der Waals surface area contributed by atoms with E-state index in [9.17, 15) is 4.79 Å². The standard InChI is InChI=1S/C12H16N2O/c1-9-2-4-11(5-3-9)14-12(15)6-10-7-13-8-10/h2-5,10,13H,6-8H2,1H3,(H,14,15). The van der Waals surface area contributed by atoms with Gasteiger partial charge in [-0.1, -0.05) is 17.7 Å². The normalized spacial score (nSPS) is 15.8. The lowest BCUT2D eigenvalue weighted by Crippen LogP contribution is -2.43. The molecule has 0 aromatic heterocycles. The highest BCUT2D eigenvalue weighted by Crippen LogP contribution is 2.12. The van der Waals surface area contributed by atoms with Gasteiger partial charge in [0.05, 0.1) is 0 Å². The summed E-state index contributed by atoms with van der Waals surface area (Å²) in [6.07, 6.45) is 0.626. The zero-order valence-electron chi connectivity index (χ0n) is 8.92. The Kier molecular flexibility index (Phi) is 3.02. The predicted molar refractivity (Wildman–Crippen MR) is 60.8 cm³/mol. The van der Waals surface area contributed by atoms with E-state index >= 15 is 0 Å². The molecule has 0 spiro atoms. The van der Waals surface area contributed by atoms with Crippen LogP contribution < -0.4 is 10.6 Å². The smallest absolute Gasteiger partial charge is 0.224 e. The summed E-state index contributed by atoms with van der Waals surface area (Å²) in [6.45, 7) is 3.98. The number of carbonyl (C=O) groups is 1. The van der Waals surface area contributed by atoms with Crippen LogP contribution in [0.25, 0.3) is 0 Å². The fourth-order valence-electron chi connectivity index (χ4n) is 1.60. The Labute approximate surface area is 89.9 Å². The van der Waals surface area contributed by atoms with E-state index in [1.165, 1.54) is 5.56 Å². The van der Waals surface area contributed by atoms with Crippen LogP contribution >= 0.6 is 0 Å². The highest BCUT2D eigenvalue weighted by atomic mass is 16.1. The summed E-state index contributed by atoms with van der Waals surface area (Å²) in [5.41, 5.74) is 2.09. The molecule has 1 heterocycles. The molecular formula is C12H16N2O. The first-order valence-electron chi connectivity index (χ1n) is 5.31. The Balaban J connectivity index is 1.84. The molecule has 2 rings (SSSR count). The molecule has 80 valence electrons. The van der Waals surface area contributed by atoms with E-state index in [-0.39, 0.29) is 5.91 Å². The molecule has 0 radical (unpaired) electrons. The second-order valence-electron chi connectivity index (χ2n) is 4.14. The van der Waals surface area contributed by atoms with E-state index in [1.54, 1.807) is 0 Å². The van der Waals surface area contributed by atoms with E-state index in [1.807, 2.05) is 31.2 Å². The van der Waals surface area contributed by atoms with Gasteiger partial charge in [0.2, 0.25) is 5.91 Å². The molecule has 1 aromatic rings. The maximum absolute atomic E-state index is 11.6. The molecule has 1 aliphatic rings. The molecule has 15 heavy (non-hydrogen) atoms. The second-order valence-corrected chi connectivity index (χ2v) is 4.14. The number of hydrogen-bond donors (Lipinski definition) is 2. The van der Waals surface area contributed by atoms with Crippen LogP contribution in [-0.2, 0) is 4.79 Å². The van der Waals surface area contributed by atoms with Crippen molar-refractivity contribution in [3.05, 3.63) is 29.8 Å². The Morgan fingerprint density at radius 3 is 2.60 bits per heavy atom. The molecule has 1 fully saturated rings. The van der Waals surface area contributed by atoms with Crippen molar-refractivity contribution >= 4 is 11.6 Å².